The largest absolute Gasteiger partial charge is 0.504 e. The maximum Gasteiger partial charge on any atom is 0.339 e. The molecule has 1 N–H and O–H groups in total. The van der Waals surface area contributed by atoms with Crippen LogP contribution in [0.2, 0.25) is 0 Å². The van der Waals surface area contributed by atoms with E-state index >= 15 is 0 Å². The van der Waals surface area contributed by atoms with E-state index in [0.717, 1.165) is 24.8 Å². The average Bonchev–Trinajstić information content (AvgIpc) is 3.08. The summed E-state index contributed by atoms with van der Waals surface area (Å²) in [7, 11) is 1.46. The molecule has 0 atom stereocenters. The highest BCUT2D eigenvalue weighted by Crippen LogP contribution is 2.43. The Morgan fingerprint density at radius 1 is 1.20 bits per heavy atom. The van der Waals surface area contributed by atoms with Crippen LogP contribution >= 0.6 is 0 Å². The SMILES string of the molecule is COc1cc2c(c(O)c1OC/C=C(\C)CC/C=C(\C)CCC(=O)C(C)C)COC2=O. The van der Waals surface area contributed by atoms with Crippen LogP contribution in [0.25, 0.3) is 0 Å². The van der Waals surface area contributed by atoms with E-state index in [9.17, 15) is 14.7 Å². The second-order valence-corrected chi connectivity index (χ2v) is 7.93. The number of carbonyl (C=O) groups is 2. The molecule has 164 valence electrons. The molecule has 0 amide bonds. The number of cyclic esters (lactones) is 1. The molecule has 1 aromatic carbocycles. The summed E-state index contributed by atoms with van der Waals surface area (Å²) in [6.45, 7) is 8.26. The van der Waals surface area contributed by atoms with Gasteiger partial charge in [0.25, 0.3) is 0 Å². The molecule has 6 heteroatoms. The summed E-state index contributed by atoms with van der Waals surface area (Å²) >= 11 is 0. The molecule has 1 heterocycles. The number of hydrogen-bond acceptors (Lipinski definition) is 6. The number of rotatable bonds is 11. The molecule has 0 aliphatic carbocycles. The summed E-state index contributed by atoms with van der Waals surface area (Å²) < 4.78 is 16.0. The Hall–Kier alpha value is -2.76. The van der Waals surface area contributed by atoms with Crippen molar-refractivity contribution in [3.8, 4) is 17.2 Å². The summed E-state index contributed by atoms with van der Waals surface area (Å²) in [5.41, 5.74) is 3.13. The van der Waals surface area contributed by atoms with Gasteiger partial charge in [0.1, 0.15) is 19.0 Å². The molecular formula is C24H32O6. The molecule has 0 spiro atoms. The number of ketones is 1. The highest BCUT2D eigenvalue weighted by atomic mass is 16.5. The monoisotopic (exact) mass is 416 g/mol. The van der Waals surface area contributed by atoms with Gasteiger partial charge in [-0.2, -0.15) is 0 Å². The summed E-state index contributed by atoms with van der Waals surface area (Å²) in [4.78, 5) is 23.4. The number of esters is 1. The van der Waals surface area contributed by atoms with E-state index < -0.39 is 5.97 Å². The van der Waals surface area contributed by atoms with Gasteiger partial charge < -0.3 is 19.3 Å². The van der Waals surface area contributed by atoms with Gasteiger partial charge in [0.05, 0.1) is 12.7 Å². The smallest absolute Gasteiger partial charge is 0.339 e. The van der Waals surface area contributed by atoms with Crippen LogP contribution in [0.5, 0.6) is 17.2 Å². The molecule has 0 saturated carbocycles. The fourth-order valence-corrected chi connectivity index (χ4v) is 3.13. The predicted octanol–water partition coefficient (Wildman–Crippen LogP) is 5.13. The van der Waals surface area contributed by atoms with Crippen molar-refractivity contribution in [3.05, 3.63) is 40.5 Å². The minimum atomic E-state index is -0.474. The molecule has 0 radical (unpaired) electrons. The second kappa shape index (κ2) is 10.9. The zero-order chi connectivity index (χ0) is 22.3. The molecule has 0 unspecified atom stereocenters. The topological polar surface area (TPSA) is 82.1 Å². The summed E-state index contributed by atoms with van der Waals surface area (Å²) in [5, 5.41) is 10.4. The van der Waals surface area contributed by atoms with Crippen LogP contribution in [0.1, 0.15) is 69.3 Å². The number of allylic oxidation sites excluding steroid dienone is 3. The van der Waals surface area contributed by atoms with Crippen LogP contribution < -0.4 is 9.47 Å². The van der Waals surface area contributed by atoms with Crippen molar-refractivity contribution in [3.63, 3.8) is 0 Å². The number of benzene rings is 1. The Morgan fingerprint density at radius 2 is 1.90 bits per heavy atom. The third-order valence-corrected chi connectivity index (χ3v) is 5.21. The van der Waals surface area contributed by atoms with Gasteiger partial charge in [0.15, 0.2) is 11.5 Å². The van der Waals surface area contributed by atoms with Crippen molar-refractivity contribution in [2.75, 3.05) is 13.7 Å². The van der Waals surface area contributed by atoms with Gasteiger partial charge in [-0.05, 0) is 45.3 Å². The zero-order valence-corrected chi connectivity index (χ0v) is 18.5. The number of aromatic hydroxyl groups is 1. The van der Waals surface area contributed by atoms with Crippen LogP contribution in [0, 0.1) is 5.92 Å². The van der Waals surface area contributed by atoms with Crippen LogP contribution in [0.4, 0.5) is 0 Å². The van der Waals surface area contributed by atoms with E-state index in [1.165, 1.54) is 18.7 Å². The van der Waals surface area contributed by atoms with Gasteiger partial charge in [-0.25, -0.2) is 4.79 Å². The number of hydrogen-bond donors (Lipinski definition) is 1. The van der Waals surface area contributed by atoms with Crippen LogP contribution in [0.15, 0.2) is 29.4 Å². The first kappa shape index (κ1) is 23.5. The van der Waals surface area contributed by atoms with E-state index in [1.54, 1.807) is 0 Å². The van der Waals surface area contributed by atoms with E-state index in [-0.39, 0.29) is 30.6 Å². The van der Waals surface area contributed by atoms with E-state index in [4.69, 9.17) is 14.2 Å². The lowest BCUT2D eigenvalue weighted by molar-refractivity contribution is -0.121. The van der Waals surface area contributed by atoms with Gasteiger partial charge in [-0.1, -0.05) is 31.1 Å². The van der Waals surface area contributed by atoms with Crippen molar-refractivity contribution < 1.29 is 28.9 Å². The van der Waals surface area contributed by atoms with E-state index in [2.05, 4.69) is 13.0 Å². The van der Waals surface area contributed by atoms with Gasteiger partial charge in [0.2, 0.25) is 5.75 Å². The molecule has 0 saturated heterocycles. The third kappa shape index (κ3) is 6.12. The highest BCUT2D eigenvalue weighted by molar-refractivity contribution is 5.95. The summed E-state index contributed by atoms with van der Waals surface area (Å²) in [6, 6.07) is 1.54. The Bertz CT molecular complexity index is 848. The molecule has 0 aromatic heterocycles. The predicted molar refractivity (Wildman–Crippen MR) is 115 cm³/mol. The van der Waals surface area contributed by atoms with E-state index in [1.807, 2.05) is 26.8 Å². The zero-order valence-electron chi connectivity index (χ0n) is 18.5. The lowest BCUT2D eigenvalue weighted by Gasteiger charge is -2.13. The number of Topliss-reactive ketones (excluding diaryl/α,β-unsaturated/α-hetero) is 1. The van der Waals surface area contributed by atoms with Gasteiger partial charge >= 0.3 is 5.97 Å². The third-order valence-electron chi connectivity index (χ3n) is 5.21. The van der Waals surface area contributed by atoms with Crippen molar-refractivity contribution in [2.45, 2.75) is 60.0 Å². The van der Waals surface area contributed by atoms with Crippen LogP contribution in [-0.2, 0) is 16.1 Å². The van der Waals surface area contributed by atoms with Crippen molar-refractivity contribution in [1.29, 1.82) is 0 Å². The maximum absolute atomic E-state index is 11.7. The Morgan fingerprint density at radius 3 is 2.57 bits per heavy atom. The minimum absolute atomic E-state index is 0.0314. The normalized spacial score (nSPS) is 14.0. The Labute approximate surface area is 178 Å². The average molecular weight is 417 g/mol. The molecule has 30 heavy (non-hydrogen) atoms. The number of phenolic OH excluding ortho intramolecular Hbond substituents is 1. The first-order valence-corrected chi connectivity index (χ1v) is 10.3. The minimum Gasteiger partial charge on any atom is -0.504 e. The molecule has 1 aliphatic rings. The van der Waals surface area contributed by atoms with Crippen LogP contribution in [-0.4, -0.2) is 30.6 Å². The molecule has 2 rings (SSSR count). The Kier molecular flexibility index (Phi) is 8.51. The molecule has 0 bridgehead atoms. The summed E-state index contributed by atoms with van der Waals surface area (Å²) in [6.07, 6.45) is 7.33. The highest BCUT2D eigenvalue weighted by Gasteiger charge is 2.29. The molecular weight excluding hydrogens is 384 g/mol. The quantitative estimate of drug-likeness (QED) is 0.398. The van der Waals surface area contributed by atoms with Gasteiger partial charge in [-0.3, -0.25) is 4.79 Å². The molecule has 0 fully saturated rings. The van der Waals surface area contributed by atoms with Crippen LogP contribution in [0.3, 0.4) is 0 Å². The maximum atomic E-state index is 11.7. The summed E-state index contributed by atoms with van der Waals surface area (Å²) in [5.74, 6) is 0.320. The van der Waals surface area contributed by atoms with Gasteiger partial charge in [0, 0.05) is 17.9 Å². The number of fused-ring (bicyclic) bond motifs is 1. The molecule has 1 aromatic rings. The van der Waals surface area contributed by atoms with Crippen molar-refractivity contribution in [1.82, 2.24) is 0 Å². The number of ether oxygens (including phenoxy) is 3. The van der Waals surface area contributed by atoms with Crippen molar-refractivity contribution in [2.24, 2.45) is 5.92 Å². The Balaban J connectivity index is 1.88. The lowest BCUT2D eigenvalue weighted by Crippen LogP contribution is -2.06. The number of methoxy groups -OCH3 is 1. The van der Waals surface area contributed by atoms with Gasteiger partial charge in [-0.15, -0.1) is 0 Å². The number of carbonyl (C=O) groups excluding carboxylic acids is 2. The fourth-order valence-electron chi connectivity index (χ4n) is 3.13. The second-order valence-electron chi connectivity index (χ2n) is 7.93. The standard InChI is InChI=1S/C24H32O6/c1-15(2)20(25)10-9-16(3)7-6-8-17(4)11-12-29-23-21(28-5)13-18-19(22(23)26)14-30-24(18)27/h7,11,13,15,26H,6,8-10,12,14H2,1-5H3/b16-7+,17-11+. The number of phenols is 1. The first-order chi connectivity index (χ1) is 14.2. The molecule has 6 nitrogen and oxygen atoms in total. The molecule has 1 aliphatic heterocycles. The van der Waals surface area contributed by atoms with Crippen molar-refractivity contribution >= 4 is 11.8 Å². The lowest BCUT2D eigenvalue weighted by atomic mass is 10.0. The van der Waals surface area contributed by atoms with E-state index in [0.29, 0.717) is 29.1 Å². The fraction of sp³-hybridized carbons (Fsp3) is 0.500. The first-order valence-electron chi connectivity index (χ1n) is 10.3.